The first-order valence-corrected chi connectivity index (χ1v) is 10.4. The van der Waals surface area contributed by atoms with E-state index >= 15 is 0 Å². The Morgan fingerprint density at radius 1 is 1.13 bits per heavy atom. The Morgan fingerprint density at radius 3 is 2.68 bits per heavy atom. The van der Waals surface area contributed by atoms with E-state index in [1.54, 1.807) is 30.5 Å². The van der Waals surface area contributed by atoms with Crippen molar-refractivity contribution in [3.63, 3.8) is 0 Å². The predicted octanol–water partition coefficient (Wildman–Crippen LogP) is 4.67. The summed E-state index contributed by atoms with van der Waals surface area (Å²) in [6, 6.07) is 12.8. The van der Waals surface area contributed by atoms with Crippen LogP contribution in [0.2, 0.25) is 5.02 Å². The largest absolute Gasteiger partial charge is 0.484 e. The van der Waals surface area contributed by atoms with Gasteiger partial charge >= 0.3 is 0 Å². The van der Waals surface area contributed by atoms with Gasteiger partial charge in [0.15, 0.2) is 17.3 Å². The molecule has 1 saturated carbocycles. The number of aromatic nitrogens is 2. The highest BCUT2D eigenvalue weighted by Crippen LogP contribution is 2.51. The van der Waals surface area contributed by atoms with E-state index in [2.05, 4.69) is 15.3 Å². The van der Waals surface area contributed by atoms with Gasteiger partial charge in [-0.1, -0.05) is 17.7 Å². The van der Waals surface area contributed by atoms with Crippen molar-refractivity contribution in [2.45, 2.75) is 31.3 Å². The molecule has 1 fully saturated rings. The number of nitrogens with one attached hydrogen (secondary N) is 1. The third-order valence-corrected chi connectivity index (χ3v) is 5.80. The Morgan fingerprint density at radius 2 is 1.90 bits per heavy atom. The van der Waals surface area contributed by atoms with Crippen molar-refractivity contribution >= 4 is 23.3 Å². The number of ether oxygens (including phenoxy) is 3. The van der Waals surface area contributed by atoms with Crippen LogP contribution in [-0.2, 0) is 10.2 Å². The monoisotopic (exact) mass is 437 g/mol. The molecule has 7 nitrogen and oxygen atoms in total. The third-order valence-electron chi connectivity index (χ3n) is 5.55. The molecule has 1 atom stereocenters. The van der Waals surface area contributed by atoms with Crippen molar-refractivity contribution in [2.24, 2.45) is 0 Å². The first-order valence-electron chi connectivity index (χ1n) is 9.99. The van der Waals surface area contributed by atoms with Gasteiger partial charge in [-0.25, -0.2) is 4.98 Å². The third kappa shape index (κ3) is 3.88. The first kappa shape index (κ1) is 19.6. The topological polar surface area (TPSA) is 82.6 Å². The van der Waals surface area contributed by atoms with Crippen LogP contribution < -0.4 is 19.5 Å². The molecule has 2 aromatic carbocycles. The van der Waals surface area contributed by atoms with Crippen molar-refractivity contribution in [3.8, 4) is 17.2 Å². The summed E-state index contributed by atoms with van der Waals surface area (Å²) in [7, 11) is 0. The summed E-state index contributed by atoms with van der Waals surface area (Å²) in [5.41, 5.74) is 0.947. The van der Waals surface area contributed by atoms with Crippen molar-refractivity contribution in [1.29, 1.82) is 0 Å². The second-order valence-electron chi connectivity index (χ2n) is 7.65. The molecular weight excluding hydrogens is 418 g/mol. The van der Waals surface area contributed by atoms with E-state index < -0.39 is 5.41 Å². The molecule has 1 aromatic heterocycles. The maximum atomic E-state index is 13.1. The van der Waals surface area contributed by atoms with E-state index in [0.717, 1.165) is 18.4 Å². The summed E-state index contributed by atoms with van der Waals surface area (Å²) in [5.74, 6) is 2.33. The minimum absolute atomic E-state index is 0.107. The summed E-state index contributed by atoms with van der Waals surface area (Å²) in [4.78, 5) is 21.9. The van der Waals surface area contributed by atoms with E-state index in [-0.39, 0.29) is 18.8 Å². The molecule has 2 heterocycles. The van der Waals surface area contributed by atoms with Gasteiger partial charge < -0.3 is 19.5 Å². The fourth-order valence-electron chi connectivity index (χ4n) is 3.62. The molecule has 0 bridgehead atoms. The Hall–Kier alpha value is -3.32. The normalized spacial score (nSPS) is 16.5. The van der Waals surface area contributed by atoms with Crippen molar-refractivity contribution < 1.29 is 19.0 Å². The summed E-state index contributed by atoms with van der Waals surface area (Å²) in [6.07, 6.45) is 4.34. The van der Waals surface area contributed by atoms with Gasteiger partial charge in [-0.15, -0.1) is 0 Å². The average Bonchev–Trinajstić information content (AvgIpc) is 3.46. The highest BCUT2D eigenvalue weighted by Gasteiger charge is 2.51. The minimum Gasteiger partial charge on any atom is -0.484 e. The van der Waals surface area contributed by atoms with E-state index in [9.17, 15) is 4.79 Å². The maximum Gasteiger partial charge on any atom is 0.236 e. The van der Waals surface area contributed by atoms with Gasteiger partial charge in [0, 0.05) is 5.02 Å². The highest BCUT2D eigenvalue weighted by molar-refractivity contribution is 6.30. The van der Waals surface area contributed by atoms with Crippen molar-refractivity contribution in [1.82, 2.24) is 9.97 Å². The lowest BCUT2D eigenvalue weighted by molar-refractivity contribution is -0.118. The summed E-state index contributed by atoms with van der Waals surface area (Å²) in [6.45, 7) is 2.08. The maximum absolute atomic E-state index is 13.1. The molecule has 0 radical (unpaired) electrons. The predicted molar refractivity (Wildman–Crippen MR) is 115 cm³/mol. The number of nitrogens with zero attached hydrogens (tertiary/aromatic N) is 2. The molecule has 5 rings (SSSR count). The van der Waals surface area contributed by atoms with Crippen LogP contribution in [0.3, 0.4) is 0 Å². The molecule has 1 amide bonds. The Labute approximate surface area is 184 Å². The van der Waals surface area contributed by atoms with Crippen molar-refractivity contribution in [2.75, 3.05) is 12.1 Å². The number of carbonyl (C=O) groups is 1. The molecule has 8 heteroatoms. The molecular formula is C23H20ClN3O4. The number of hydrogen-bond donors (Lipinski definition) is 1. The summed E-state index contributed by atoms with van der Waals surface area (Å²) in [5, 5.41) is 3.56. The van der Waals surface area contributed by atoms with E-state index in [4.69, 9.17) is 25.8 Å². The van der Waals surface area contributed by atoms with Crippen LogP contribution in [0.5, 0.6) is 17.2 Å². The molecule has 1 unspecified atom stereocenters. The quantitative estimate of drug-likeness (QED) is 0.603. The van der Waals surface area contributed by atoms with Gasteiger partial charge in [-0.2, -0.15) is 0 Å². The summed E-state index contributed by atoms with van der Waals surface area (Å²) < 4.78 is 16.7. The number of fused-ring (bicyclic) bond motifs is 1. The van der Waals surface area contributed by atoms with Gasteiger partial charge in [-0.3, -0.25) is 9.78 Å². The SMILES string of the molecule is CC(Oc1ccc(Cl)cc1)c1cncc(NC(=O)C2(c3ccc4c(c3)OCO4)CC2)n1. The van der Waals surface area contributed by atoms with Crippen LogP contribution >= 0.6 is 11.6 Å². The Kier molecular flexibility index (Phi) is 4.90. The zero-order valence-corrected chi connectivity index (χ0v) is 17.6. The highest BCUT2D eigenvalue weighted by atomic mass is 35.5. The molecule has 0 spiro atoms. The van der Waals surface area contributed by atoms with E-state index in [0.29, 0.717) is 33.8 Å². The minimum atomic E-state index is -0.579. The average molecular weight is 438 g/mol. The van der Waals surface area contributed by atoms with Crippen molar-refractivity contribution in [3.05, 3.63) is 71.1 Å². The molecule has 3 aromatic rings. The van der Waals surface area contributed by atoms with E-state index in [1.807, 2.05) is 25.1 Å². The smallest absolute Gasteiger partial charge is 0.236 e. The van der Waals surface area contributed by atoms with Gasteiger partial charge in [0.05, 0.1) is 17.8 Å². The Bertz CT molecular complexity index is 1130. The molecule has 158 valence electrons. The molecule has 1 N–H and O–H groups in total. The van der Waals surface area contributed by atoms with Gasteiger partial charge in [0.25, 0.3) is 0 Å². The number of rotatable bonds is 6. The van der Waals surface area contributed by atoms with Crippen LogP contribution in [0.25, 0.3) is 0 Å². The second kappa shape index (κ2) is 7.74. The van der Waals surface area contributed by atoms with Crippen LogP contribution in [0.1, 0.15) is 37.1 Å². The molecule has 1 aliphatic heterocycles. The lowest BCUT2D eigenvalue weighted by Gasteiger charge is -2.17. The van der Waals surface area contributed by atoms with Gasteiger partial charge in [0.1, 0.15) is 17.5 Å². The fraction of sp³-hybridized carbons (Fsp3) is 0.261. The zero-order chi connectivity index (χ0) is 21.4. The molecule has 2 aliphatic rings. The number of amides is 1. The number of hydrogen-bond acceptors (Lipinski definition) is 6. The zero-order valence-electron chi connectivity index (χ0n) is 16.8. The first-order chi connectivity index (χ1) is 15.0. The standard InChI is InChI=1S/C23H20ClN3O4/c1-14(31-17-5-3-16(24)4-6-17)18-11-25-12-21(26-18)27-22(28)23(8-9-23)15-2-7-19-20(10-15)30-13-29-19/h2-7,10-12,14H,8-9,13H2,1H3,(H,26,27,28). The fourth-order valence-corrected chi connectivity index (χ4v) is 3.74. The molecule has 1 aliphatic carbocycles. The number of carbonyl (C=O) groups excluding carboxylic acids is 1. The van der Waals surface area contributed by atoms with E-state index in [1.165, 1.54) is 6.20 Å². The van der Waals surface area contributed by atoms with Gasteiger partial charge in [0.2, 0.25) is 12.7 Å². The number of benzene rings is 2. The Balaban J connectivity index is 1.30. The number of anilines is 1. The molecule has 31 heavy (non-hydrogen) atoms. The van der Waals surface area contributed by atoms with Crippen LogP contribution in [0.15, 0.2) is 54.9 Å². The van der Waals surface area contributed by atoms with Crippen LogP contribution in [0.4, 0.5) is 5.82 Å². The lowest BCUT2D eigenvalue weighted by Crippen LogP contribution is -2.28. The van der Waals surface area contributed by atoms with Gasteiger partial charge in [-0.05, 0) is 61.7 Å². The lowest BCUT2D eigenvalue weighted by atomic mass is 9.94. The van der Waals surface area contributed by atoms with Crippen LogP contribution in [0, 0.1) is 0 Å². The van der Waals surface area contributed by atoms with Crippen LogP contribution in [-0.4, -0.2) is 22.7 Å². The number of halogens is 1. The summed E-state index contributed by atoms with van der Waals surface area (Å²) >= 11 is 5.92. The molecule has 0 saturated heterocycles. The second-order valence-corrected chi connectivity index (χ2v) is 8.08.